The zero-order valence-corrected chi connectivity index (χ0v) is 6.49. The van der Waals surface area contributed by atoms with Crippen LogP contribution in [0.1, 0.15) is 25.0 Å². The Labute approximate surface area is 66.1 Å². The van der Waals surface area contributed by atoms with Crippen molar-refractivity contribution >= 4 is 0 Å². The van der Waals surface area contributed by atoms with Crippen LogP contribution in [-0.4, -0.2) is 10.2 Å². The van der Waals surface area contributed by atoms with Crippen molar-refractivity contribution in [2.75, 3.05) is 0 Å². The van der Waals surface area contributed by atoms with Crippen LogP contribution in [0.3, 0.4) is 0 Å². The third-order valence-electron chi connectivity index (χ3n) is 1.66. The van der Waals surface area contributed by atoms with Crippen molar-refractivity contribution in [2.24, 2.45) is 0 Å². The van der Waals surface area contributed by atoms with Gasteiger partial charge in [-0.3, -0.25) is 0 Å². The minimum Gasteiger partial charge on any atom is -0.508 e. The number of hydrogen-bond donors (Lipinski definition) is 2. The number of aliphatic hydroxyl groups excluding tert-OH is 1. The molecule has 1 atom stereocenters. The molecule has 0 amide bonds. The molecule has 0 spiro atoms. The summed E-state index contributed by atoms with van der Waals surface area (Å²) in [6.07, 6.45) is 0.292. The molecule has 0 aliphatic carbocycles. The van der Waals surface area contributed by atoms with Gasteiger partial charge in [-0.05, 0) is 24.1 Å². The lowest BCUT2D eigenvalue weighted by Gasteiger charge is -2.06. The van der Waals surface area contributed by atoms with E-state index in [-0.39, 0.29) is 5.75 Å². The monoisotopic (exact) mass is 152 g/mol. The highest BCUT2D eigenvalue weighted by Gasteiger charge is 2.02. The molecule has 0 aliphatic rings. The van der Waals surface area contributed by atoms with Crippen LogP contribution in [0.15, 0.2) is 24.3 Å². The second kappa shape index (κ2) is 3.39. The number of aromatic hydroxyl groups is 1. The van der Waals surface area contributed by atoms with E-state index in [9.17, 15) is 5.11 Å². The van der Waals surface area contributed by atoms with E-state index in [0.717, 1.165) is 5.56 Å². The Bertz CT molecular complexity index is 216. The van der Waals surface area contributed by atoms with Crippen LogP contribution in [0.25, 0.3) is 0 Å². The van der Waals surface area contributed by atoms with Gasteiger partial charge in [-0.15, -0.1) is 0 Å². The number of aliphatic hydroxyl groups is 1. The molecule has 0 bridgehead atoms. The highest BCUT2D eigenvalue weighted by molar-refractivity contribution is 5.27. The Hall–Kier alpha value is -1.02. The van der Waals surface area contributed by atoms with Crippen molar-refractivity contribution in [2.45, 2.75) is 19.4 Å². The Kier molecular flexibility index (Phi) is 2.49. The predicted molar refractivity (Wildman–Crippen MR) is 43.4 cm³/mol. The first-order valence-corrected chi connectivity index (χ1v) is 3.71. The third-order valence-corrected chi connectivity index (χ3v) is 1.66. The molecule has 2 N–H and O–H groups in total. The van der Waals surface area contributed by atoms with E-state index in [0.29, 0.717) is 6.42 Å². The maximum absolute atomic E-state index is 9.34. The molecular formula is C9H12O2. The van der Waals surface area contributed by atoms with Gasteiger partial charge in [0, 0.05) is 0 Å². The maximum Gasteiger partial charge on any atom is 0.115 e. The SMILES string of the molecule is CC[C@H](O)c1ccc(O)cc1. The molecule has 60 valence electrons. The molecule has 0 saturated heterocycles. The predicted octanol–water partition coefficient (Wildman–Crippen LogP) is 1.84. The van der Waals surface area contributed by atoms with Crippen molar-refractivity contribution in [3.05, 3.63) is 29.8 Å². The Balaban J connectivity index is 2.81. The smallest absolute Gasteiger partial charge is 0.115 e. The molecule has 2 nitrogen and oxygen atoms in total. The van der Waals surface area contributed by atoms with Gasteiger partial charge < -0.3 is 10.2 Å². The molecule has 0 aliphatic heterocycles. The summed E-state index contributed by atoms with van der Waals surface area (Å²) in [5.74, 6) is 0.233. The van der Waals surface area contributed by atoms with E-state index >= 15 is 0 Å². The average Bonchev–Trinajstić information content (AvgIpc) is 2.05. The van der Waals surface area contributed by atoms with Crippen LogP contribution in [0, 0.1) is 0 Å². The van der Waals surface area contributed by atoms with Gasteiger partial charge in [-0.25, -0.2) is 0 Å². The quantitative estimate of drug-likeness (QED) is 0.678. The fourth-order valence-electron chi connectivity index (χ4n) is 0.932. The first kappa shape index (κ1) is 8.08. The normalized spacial score (nSPS) is 12.9. The molecule has 0 heterocycles. The first-order chi connectivity index (χ1) is 5.24. The molecule has 0 unspecified atom stereocenters. The fourth-order valence-corrected chi connectivity index (χ4v) is 0.932. The number of rotatable bonds is 2. The van der Waals surface area contributed by atoms with Gasteiger partial charge in [0.1, 0.15) is 5.75 Å². The topological polar surface area (TPSA) is 40.5 Å². The van der Waals surface area contributed by atoms with E-state index in [1.165, 1.54) is 0 Å². The number of phenolic OH excluding ortho intramolecular Hbond substituents is 1. The second-order valence-corrected chi connectivity index (χ2v) is 2.52. The second-order valence-electron chi connectivity index (χ2n) is 2.52. The van der Waals surface area contributed by atoms with Crippen LogP contribution >= 0.6 is 0 Å². The lowest BCUT2D eigenvalue weighted by molar-refractivity contribution is 0.173. The van der Waals surface area contributed by atoms with Crippen LogP contribution in [0.4, 0.5) is 0 Å². The Morgan fingerprint density at radius 1 is 1.27 bits per heavy atom. The molecule has 0 aromatic heterocycles. The number of phenols is 1. The summed E-state index contributed by atoms with van der Waals surface area (Å²) in [6.45, 7) is 1.91. The first-order valence-electron chi connectivity index (χ1n) is 3.71. The highest BCUT2D eigenvalue weighted by Crippen LogP contribution is 2.18. The number of benzene rings is 1. The fraction of sp³-hybridized carbons (Fsp3) is 0.333. The van der Waals surface area contributed by atoms with E-state index in [2.05, 4.69) is 0 Å². The lowest BCUT2D eigenvalue weighted by atomic mass is 10.1. The largest absolute Gasteiger partial charge is 0.508 e. The Morgan fingerprint density at radius 2 is 1.82 bits per heavy atom. The van der Waals surface area contributed by atoms with Gasteiger partial charge in [-0.2, -0.15) is 0 Å². The average molecular weight is 152 g/mol. The molecule has 1 aromatic rings. The molecule has 11 heavy (non-hydrogen) atoms. The van der Waals surface area contributed by atoms with Gasteiger partial charge in [0.2, 0.25) is 0 Å². The zero-order chi connectivity index (χ0) is 8.27. The van der Waals surface area contributed by atoms with Gasteiger partial charge >= 0.3 is 0 Å². The molecule has 1 aromatic carbocycles. The summed E-state index contributed by atoms with van der Waals surface area (Å²) in [5, 5.41) is 18.3. The molecule has 0 saturated carbocycles. The molecule has 1 rings (SSSR count). The van der Waals surface area contributed by atoms with Crippen LogP contribution in [-0.2, 0) is 0 Å². The van der Waals surface area contributed by atoms with E-state index in [4.69, 9.17) is 5.11 Å². The van der Waals surface area contributed by atoms with Crippen molar-refractivity contribution < 1.29 is 10.2 Å². The zero-order valence-electron chi connectivity index (χ0n) is 6.49. The molecule has 0 fully saturated rings. The van der Waals surface area contributed by atoms with Crippen molar-refractivity contribution in [3.63, 3.8) is 0 Å². The van der Waals surface area contributed by atoms with Gasteiger partial charge in [-0.1, -0.05) is 19.1 Å². The standard InChI is InChI=1S/C9H12O2/c1-2-9(11)7-3-5-8(10)6-4-7/h3-6,9-11H,2H2,1H3/t9-/m0/s1. The summed E-state index contributed by atoms with van der Waals surface area (Å²) in [5.41, 5.74) is 0.852. The summed E-state index contributed by atoms with van der Waals surface area (Å²) in [7, 11) is 0. The van der Waals surface area contributed by atoms with Crippen molar-refractivity contribution in [1.82, 2.24) is 0 Å². The van der Waals surface area contributed by atoms with Gasteiger partial charge in [0.05, 0.1) is 6.10 Å². The highest BCUT2D eigenvalue weighted by atomic mass is 16.3. The van der Waals surface area contributed by atoms with Crippen molar-refractivity contribution in [3.8, 4) is 5.75 Å². The summed E-state index contributed by atoms with van der Waals surface area (Å²) in [4.78, 5) is 0. The van der Waals surface area contributed by atoms with Crippen LogP contribution in [0.2, 0.25) is 0 Å². The molecular weight excluding hydrogens is 140 g/mol. The van der Waals surface area contributed by atoms with Crippen LogP contribution in [0.5, 0.6) is 5.75 Å². The van der Waals surface area contributed by atoms with E-state index < -0.39 is 6.10 Å². The summed E-state index contributed by atoms with van der Waals surface area (Å²) < 4.78 is 0. The van der Waals surface area contributed by atoms with Gasteiger partial charge in [0.25, 0.3) is 0 Å². The summed E-state index contributed by atoms with van der Waals surface area (Å²) >= 11 is 0. The lowest BCUT2D eigenvalue weighted by Crippen LogP contribution is -1.93. The third kappa shape index (κ3) is 1.95. The summed E-state index contributed by atoms with van der Waals surface area (Å²) in [6, 6.07) is 6.61. The van der Waals surface area contributed by atoms with Gasteiger partial charge in [0.15, 0.2) is 0 Å². The minimum atomic E-state index is -0.407. The van der Waals surface area contributed by atoms with E-state index in [1.807, 2.05) is 6.92 Å². The van der Waals surface area contributed by atoms with E-state index in [1.54, 1.807) is 24.3 Å². The molecule has 2 heteroatoms. The maximum atomic E-state index is 9.34. The molecule has 0 radical (unpaired) electrons. The number of hydrogen-bond acceptors (Lipinski definition) is 2. The van der Waals surface area contributed by atoms with Crippen LogP contribution < -0.4 is 0 Å². The van der Waals surface area contributed by atoms with Crippen molar-refractivity contribution in [1.29, 1.82) is 0 Å². The Morgan fingerprint density at radius 3 is 2.27 bits per heavy atom. The minimum absolute atomic E-state index is 0.233.